The van der Waals surface area contributed by atoms with Crippen LogP contribution in [0.2, 0.25) is 0 Å². The van der Waals surface area contributed by atoms with E-state index in [1.807, 2.05) is 4.90 Å². The fourth-order valence-corrected chi connectivity index (χ4v) is 3.37. The van der Waals surface area contributed by atoms with Gasteiger partial charge in [0.1, 0.15) is 0 Å². The van der Waals surface area contributed by atoms with Crippen molar-refractivity contribution < 1.29 is 13.9 Å². The summed E-state index contributed by atoms with van der Waals surface area (Å²) in [4.78, 5) is 21.1. The molecule has 0 spiro atoms. The Bertz CT molecular complexity index is 496. The van der Waals surface area contributed by atoms with E-state index < -0.39 is 0 Å². The predicted molar refractivity (Wildman–Crippen MR) is 77.2 cm³/mol. The van der Waals surface area contributed by atoms with E-state index in [4.69, 9.17) is 9.15 Å². The van der Waals surface area contributed by atoms with Crippen molar-refractivity contribution in [2.75, 3.05) is 33.3 Å². The molecular formula is C15H23N3O3. The van der Waals surface area contributed by atoms with E-state index in [0.29, 0.717) is 18.0 Å². The standard InChI is InChI=1S/C15H23N3O3/c1-11-14(21-10-16-11)15(19)18-9-13(20-2)7-12(18)8-17-5-3-4-6-17/h10,12-13H,3-9H2,1-2H3/t12-,13-/m0/s1. The van der Waals surface area contributed by atoms with E-state index in [2.05, 4.69) is 9.88 Å². The van der Waals surface area contributed by atoms with Crippen LogP contribution in [0.15, 0.2) is 10.8 Å². The largest absolute Gasteiger partial charge is 0.438 e. The molecule has 0 unspecified atom stereocenters. The molecule has 2 aliphatic heterocycles. The van der Waals surface area contributed by atoms with Crippen LogP contribution >= 0.6 is 0 Å². The number of methoxy groups -OCH3 is 1. The second kappa shape index (κ2) is 6.15. The number of ether oxygens (including phenoxy) is 1. The van der Waals surface area contributed by atoms with Gasteiger partial charge in [-0.3, -0.25) is 4.79 Å². The normalized spacial score (nSPS) is 26.7. The first-order valence-electron chi connectivity index (χ1n) is 7.65. The molecule has 0 saturated carbocycles. The lowest BCUT2D eigenvalue weighted by molar-refractivity contribution is 0.0638. The Balaban J connectivity index is 1.73. The maximum absolute atomic E-state index is 12.7. The minimum Gasteiger partial charge on any atom is -0.438 e. The Morgan fingerprint density at radius 1 is 1.48 bits per heavy atom. The molecule has 3 rings (SSSR count). The summed E-state index contributed by atoms with van der Waals surface area (Å²) in [6, 6.07) is 0.199. The van der Waals surface area contributed by atoms with Crippen molar-refractivity contribution in [2.45, 2.75) is 38.3 Å². The lowest BCUT2D eigenvalue weighted by Gasteiger charge is -2.27. The number of carbonyl (C=O) groups excluding carboxylic acids is 1. The van der Waals surface area contributed by atoms with Crippen LogP contribution in [0.3, 0.4) is 0 Å². The molecule has 21 heavy (non-hydrogen) atoms. The number of aryl methyl sites for hydroxylation is 1. The first kappa shape index (κ1) is 14.5. The van der Waals surface area contributed by atoms with Crippen molar-refractivity contribution in [3.63, 3.8) is 0 Å². The highest BCUT2D eigenvalue weighted by molar-refractivity contribution is 5.92. The molecule has 0 bridgehead atoms. The first-order valence-corrected chi connectivity index (χ1v) is 7.65. The van der Waals surface area contributed by atoms with Crippen LogP contribution in [0.25, 0.3) is 0 Å². The van der Waals surface area contributed by atoms with Crippen LogP contribution in [-0.4, -0.2) is 66.1 Å². The van der Waals surface area contributed by atoms with E-state index in [0.717, 1.165) is 26.1 Å². The molecule has 6 nitrogen and oxygen atoms in total. The molecule has 3 heterocycles. The summed E-state index contributed by atoms with van der Waals surface area (Å²) >= 11 is 0. The van der Waals surface area contributed by atoms with Crippen LogP contribution in [0.1, 0.15) is 35.5 Å². The summed E-state index contributed by atoms with van der Waals surface area (Å²) in [6.07, 6.45) is 4.86. The summed E-state index contributed by atoms with van der Waals surface area (Å²) in [5, 5.41) is 0. The molecule has 116 valence electrons. The lowest BCUT2D eigenvalue weighted by Crippen LogP contribution is -2.42. The molecule has 2 saturated heterocycles. The number of aromatic nitrogens is 1. The van der Waals surface area contributed by atoms with E-state index in [1.165, 1.54) is 19.2 Å². The number of likely N-dealkylation sites (tertiary alicyclic amines) is 2. The maximum atomic E-state index is 12.7. The summed E-state index contributed by atoms with van der Waals surface area (Å²) in [6.45, 7) is 5.64. The zero-order valence-corrected chi connectivity index (χ0v) is 12.7. The van der Waals surface area contributed by atoms with E-state index in [1.54, 1.807) is 14.0 Å². The van der Waals surface area contributed by atoms with Gasteiger partial charge in [-0.15, -0.1) is 0 Å². The number of carbonyl (C=O) groups is 1. The maximum Gasteiger partial charge on any atom is 0.291 e. The van der Waals surface area contributed by atoms with Crippen LogP contribution in [0, 0.1) is 6.92 Å². The van der Waals surface area contributed by atoms with E-state index in [9.17, 15) is 4.79 Å². The van der Waals surface area contributed by atoms with Gasteiger partial charge >= 0.3 is 0 Å². The molecule has 1 amide bonds. The van der Waals surface area contributed by atoms with Gasteiger partial charge in [-0.05, 0) is 39.3 Å². The molecular weight excluding hydrogens is 270 g/mol. The summed E-state index contributed by atoms with van der Waals surface area (Å²) in [5.41, 5.74) is 0.654. The SMILES string of the molecule is CO[C@H]1C[C@@H](CN2CCCC2)N(C(=O)c2ocnc2C)C1. The highest BCUT2D eigenvalue weighted by Gasteiger charge is 2.38. The fraction of sp³-hybridized carbons (Fsp3) is 0.733. The molecule has 0 aromatic carbocycles. The molecule has 0 radical (unpaired) electrons. The molecule has 2 fully saturated rings. The number of rotatable bonds is 4. The highest BCUT2D eigenvalue weighted by atomic mass is 16.5. The van der Waals surface area contributed by atoms with Gasteiger partial charge in [-0.25, -0.2) is 4.98 Å². The molecule has 2 aliphatic rings. The average Bonchev–Trinajstić information content (AvgIpc) is 3.19. The number of nitrogens with zero attached hydrogens (tertiary/aromatic N) is 3. The fourth-order valence-electron chi connectivity index (χ4n) is 3.37. The summed E-state index contributed by atoms with van der Waals surface area (Å²) in [7, 11) is 1.71. The Morgan fingerprint density at radius 3 is 2.86 bits per heavy atom. The monoisotopic (exact) mass is 293 g/mol. The third-order valence-electron chi connectivity index (χ3n) is 4.58. The van der Waals surface area contributed by atoms with Gasteiger partial charge in [-0.2, -0.15) is 0 Å². The zero-order chi connectivity index (χ0) is 14.8. The van der Waals surface area contributed by atoms with Crippen molar-refractivity contribution in [2.24, 2.45) is 0 Å². The third-order valence-corrected chi connectivity index (χ3v) is 4.58. The predicted octanol–water partition coefficient (Wildman–Crippen LogP) is 1.31. The lowest BCUT2D eigenvalue weighted by atomic mass is 10.2. The van der Waals surface area contributed by atoms with Crippen molar-refractivity contribution in [1.82, 2.24) is 14.8 Å². The molecule has 0 N–H and O–H groups in total. The first-order chi connectivity index (χ1) is 10.2. The molecule has 0 aliphatic carbocycles. The number of hydrogen-bond donors (Lipinski definition) is 0. The number of amides is 1. The van der Waals surface area contributed by atoms with Crippen molar-refractivity contribution >= 4 is 5.91 Å². The minimum atomic E-state index is -0.0613. The Hall–Kier alpha value is -1.40. The minimum absolute atomic E-state index is 0.0613. The Labute approximate surface area is 125 Å². The third kappa shape index (κ3) is 2.96. The smallest absolute Gasteiger partial charge is 0.291 e. The zero-order valence-electron chi connectivity index (χ0n) is 12.7. The summed E-state index contributed by atoms with van der Waals surface area (Å²) in [5.74, 6) is 0.298. The van der Waals surface area contributed by atoms with Crippen LogP contribution in [-0.2, 0) is 4.74 Å². The molecule has 1 aromatic rings. The van der Waals surface area contributed by atoms with Gasteiger partial charge in [0.2, 0.25) is 5.76 Å². The van der Waals surface area contributed by atoms with Gasteiger partial charge in [0.05, 0.1) is 11.8 Å². The second-order valence-electron chi connectivity index (χ2n) is 5.98. The quantitative estimate of drug-likeness (QED) is 0.837. The van der Waals surface area contributed by atoms with Gasteiger partial charge in [0.25, 0.3) is 5.91 Å². The van der Waals surface area contributed by atoms with Gasteiger partial charge in [0.15, 0.2) is 6.39 Å². The van der Waals surface area contributed by atoms with Crippen molar-refractivity contribution in [3.8, 4) is 0 Å². The van der Waals surface area contributed by atoms with Crippen LogP contribution in [0.5, 0.6) is 0 Å². The topological polar surface area (TPSA) is 58.8 Å². The van der Waals surface area contributed by atoms with Crippen molar-refractivity contribution in [1.29, 1.82) is 0 Å². The second-order valence-corrected chi connectivity index (χ2v) is 5.98. The van der Waals surface area contributed by atoms with Gasteiger partial charge in [0, 0.05) is 26.2 Å². The molecule has 2 atom stereocenters. The van der Waals surface area contributed by atoms with Crippen LogP contribution < -0.4 is 0 Å². The van der Waals surface area contributed by atoms with Gasteiger partial charge < -0.3 is 19.0 Å². The number of hydrogen-bond acceptors (Lipinski definition) is 5. The number of oxazole rings is 1. The van der Waals surface area contributed by atoms with Crippen molar-refractivity contribution in [3.05, 3.63) is 17.8 Å². The van der Waals surface area contributed by atoms with Crippen LogP contribution in [0.4, 0.5) is 0 Å². The molecule has 6 heteroatoms. The Morgan fingerprint density at radius 2 is 2.24 bits per heavy atom. The van der Waals surface area contributed by atoms with E-state index >= 15 is 0 Å². The average molecular weight is 293 g/mol. The van der Waals surface area contributed by atoms with Gasteiger partial charge in [-0.1, -0.05) is 0 Å². The highest BCUT2D eigenvalue weighted by Crippen LogP contribution is 2.25. The Kier molecular flexibility index (Phi) is 4.26. The van der Waals surface area contributed by atoms with E-state index in [-0.39, 0.29) is 18.1 Å². The molecule has 1 aromatic heterocycles. The summed E-state index contributed by atoms with van der Waals surface area (Å²) < 4.78 is 10.7.